The maximum Gasteiger partial charge on any atom is 0.164 e. The van der Waals surface area contributed by atoms with Crippen LogP contribution in [0.3, 0.4) is 0 Å². The molecule has 1 saturated carbocycles. The van der Waals surface area contributed by atoms with Crippen molar-refractivity contribution in [3.63, 3.8) is 0 Å². The zero-order valence-corrected chi connectivity index (χ0v) is 16.0. The Bertz CT molecular complexity index is 880. The Morgan fingerprint density at radius 2 is 1.44 bits per heavy atom. The summed E-state index contributed by atoms with van der Waals surface area (Å²) in [5.74, 6) is -0.863. The third kappa shape index (κ3) is 2.25. The number of halogens is 1. The number of carbonyl (C=O) groups excluding carboxylic acids is 1. The minimum absolute atomic E-state index is 0.0546. The average Bonchev–Trinajstić information content (AvgIpc) is 2.99. The lowest BCUT2D eigenvalue weighted by molar-refractivity contribution is -0.166. The minimum Gasteiger partial charge on any atom is -0.343 e. The van der Waals surface area contributed by atoms with E-state index >= 15 is 0 Å². The Morgan fingerprint density at radius 3 is 2.00 bits per heavy atom. The van der Waals surface area contributed by atoms with E-state index in [4.69, 9.17) is 21.1 Å². The van der Waals surface area contributed by atoms with Crippen LogP contribution in [0.5, 0.6) is 0 Å². The molecule has 0 unspecified atom stereocenters. The van der Waals surface area contributed by atoms with Crippen LogP contribution < -0.4 is 0 Å². The Morgan fingerprint density at radius 1 is 0.889 bits per heavy atom. The van der Waals surface area contributed by atoms with Gasteiger partial charge in [0.2, 0.25) is 0 Å². The fourth-order valence-electron chi connectivity index (χ4n) is 5.12. The molecule has 0 radical (unpaired) electrons. The van der Waals surface area contributed by atoms with Gasteiger partial charge in [0.1, 0.15) is 12.2 Å². The molecule has 1 saturated heterocycles. The van der Waals surface area contributed by atoms with Gasteiger partial charge in [-0.3, -0.25) is 4.79 Å². The summed E-state index contributed by atoms with van der Waals surface area (Å²) in [6.07, 6.45) is 1.33. The van der Waals surface area contributed by atoms with E-state index in [0.717, 1.165) is 11.1 Å². The quantitative estimate of drug-likeness (QED) is 0.772. The van der Waals surface area contributed by atoms with Crippen LogP contribution in [0.2, 0.25) is 0 Å². The molecule has 2 aromatic rings. The number of rotatable bonds is 2. The summed E-state index contributed by atoms with van der Waals surface area (Å²) < 4.78 is 12.1. The van der Waals surface area contributed by atoms with E-state index in [-0.39, 0.29) is 29.8 Å². The van der Waals surface area contributed by atoms with Crippen LogP contribution in [-0.4, -0.2) is 23.8 Å². The maximum atomic E-state index is 13.8. The molecular formula is C23H21ClO3. The van der Waals surface area contributed by atoms with Crippen molar-refractivity contribution in [3.05, 3.63) is 82.9 Å². The van der Waals surface area contributed by atoms with Crippen molar-refractivity contribution in [2.75, 3.05) is 0 Å². The van der Waals surface area contributed by atoms with Crippen LogP contribution in [0.15, 0.2) is 71.8 Å². The lowest BCUT2D eigenvalue weighted by atomic mass is 9.45. The summed E-state index contributed by atoms with van der Waals surface area (Å²) in [6, 6.07) is 20.0. The Labute approximate surface area is 163 Å². The van der Waals surface area contributed by atoms with E-state index < -0.39 is 11.2 Å². The van der Waals surface area contributed by atoms with Crippen molar-refractivity contribution < 1.29 is 14.3 Å². The van der Waals surface area contributed by atoms with Crippen LogP contribution >= 0.6 is 11.6 Å². The van der Waals surface area contributed by atoms with Gasteiger partial charge in [-0.25, -0.2) is 0 Å². The Kier molecular flexibility index (Phi) is 3.68. The summed E-state index contributed by atoms with van der Waals surface area (Å²) in [5.41, 5.74) is 1.27. The summed E-state index contributed by atoms with van der Waals surface area (Å²) in [5, 5.41) is 0.635. The summed E-state index contributed by atoms with van der Waals surface area (Å²) in [6.45, 7) is 3.74. The predicted octanol–water partition coefficient (Wildman–Crippen LogP) is 4.44. The molecule has 1 heterocycles. The first kappa shape index (κ1) is 17.2. The minimum atomic E-state index is -0.740. The van der Waals surface area contributed by atoms with Crippen molar-refractivity contribution in [1.82, 2.24) is 0 Å². The van der Waals surface area contributed by atoms with Crippen LogP contribution in [0.1, 0.15) is 25.0 Å². The van der Waals surface area contributed by atoms with Gasteiger partial charge in [-0.1, -0.05) is 78.3 Å². The Balaban J connectivity index is 1.68. The normalized spacial score (nSPS) is 32.9. The molecule has 3 aliphatic rings. The van der Waals surface area contributed by atoms with E-state index in [1.54, 1.807) is 0 Å². The molecule has 2 fully saturated rings. The molecule has 1 aliphatic heterocycles. The third-order valence-electron chi connectivity index (χ3n) is 6.13. The second-order valence-electron chi connectivity index (χ2n) is 8.03. The highest BCUT2D eigenvalue weighted by Crippen LogP contribution is 2.61. The van der Waals surface area contributed by atoms with Crippen molar-refractivity contribution in [1.29, 1.82) is 0 Å². The standard InChI is InChI=1S/C23H21ClO3/c1-22(2)26-19-17(24)13-16-18(20(19)27-22)21(25)23(16,14-9-5-3-6-10-14)15-11-7-4-8-12-15/h3-13,16,18-20H,1-2H3/t16-,18-,19-,20+/m0/s1. The molecule has 2 aromatic carbocycles. The monoisotopic (exact) mass is 380 g/mol. The third-order valence-corrected chi connectivity index (χ3v) is 6.47. The first-order chi connectivity index (χ1) is 12.9. The number of ether oxygens (including phenoxy) is 2. The van der Waals surface area contributed by atoms with E-state index in [0.29, 0.717) is 5.03 Å². The number of allylic oxidation sites excluding steroid dienone is 1. The lowest BCUT2D eigenvalue weighted by Gasteiger charge is -2.56. The highest BCUT2D eigenvalue weighted by atomic mass is 35.5. The topological polar surface area (TPSA) is 35.5 Å². The SMILES string of the molecule is CC1(C)O[C@@H]2[C@H]3C(=O)C(c4ccccc4)(c4ccccc4)[C@H]3C=C(Cl)[C@@H]2O1. The molecule has 2 aliphatic carbocycles. The van der Waals surface area contributed by atoms with Gasteiger partial charge in [0.15, 0.2) is 11.6 Å². The summed E-state index contributed by atoms with van der Waals surface area (Å²) >= 11 is 6.63. The molecule has 3 nitrogen and oxygen atoms in total. The molecule has 0 amide bonds. The van der Waals surface area contributed by atoms with Crippen LogP contribution in [0.4, 0.5) is 0 Å². The lowest BCUT2D eigenvalue weighted by Crippen LogP contribution is -2.67. The fourth-order valence-corrected chi connectivity index (χ4v) is 5.42. The second kappa shape index (κ2) is 5.78. The maximum absolute atomic E-state index is 13.8. The van der Waals surface area contributed by atoms with E-state index in [1.807, 2.05) is 80.6 Å². The average molecular weight is 381 g/mol. The van der Waals surface area contributed by atoms with Crippen LogP contribution in [0, 0.1) is 11.8 Å². The molecule has 138 valence electrons. The zero-order chi connectivity index (χ0) is 18.8. The number of ketones is 1. The number of benzene rings is 2. The molecule has 0 bridgehead atoms. The molecule has 4 atom stereocenters. The number of fused-ring (bicyclic) bond motifs is 3. The largest absolute Gasteiger partial charge is 0.343 e. The van der Waals surface area contributed by atoms with Crippen molar-refractivity contribution in [2.24, 2.45) is 11.8 Å². The number of hydrogen-bond donors (Lipinski definition) is 0. The number of hydrogen-bond acceptors (Lipinski definition) is 3. The number of carbonyl (C=O) groups is 1. The molecule has 5 rings (SSSR count). The molecule has 0 aromatic heterocycles. The van der Waals surface area contributed by atoms with Crippen molar-refractivity contribution in [2.45, 2.75) is 37.3 Å². The molecule has 0 N–H and O–H groups in total. The predicted molar refractivity (Wildman–Crippen MR) is 103 cm³/mol. The van der Waals surface area contributed by atoms with Crippen LogP contribution in [-0.2, 0) is 19.7 Å². The van der Waals surface area contributed by atoms with Crippen molar-refractivity contribution in [3.8, 4) is 0 Å². The highest BCUT2D eigenvalue weighted by Gasteiger charge is 2.69. The summed E-state index contributed by atoms with van der Waals surface area (Å²) in [7, 11) is 0. The van der Waals surface area contributed by atoms with E-state index in [2.05, 4.69) is 0 Å². The first-order valence-corrected chi connectivity index (χ1v) is 9.71. The van der Waals surface area contributed by atoms with E-state index in [9.17, 15) is 4.79 Å². The first-order valence-electron chi connectivity index (χ1n) is 9.33. The second-order valence-corrected chi connectivity index (χ2v) is 8.46. The summed E-state index contributed by atoms with van der Waals surface area (Å²) in [4.78, 5) is 13.8. The van der Waals surface area contributed by atoms with E-state index in [1.165, 1.54) is 0 Å². The van der Waals surface area contributed by atoms with Gasteiger partial charge in [0, 0.05) is 11.0 Å². The van der Waals surface area contributed by atoms with Gasteiger partial charge in [0.25, 0.3) is 0 Å². The van der Waals surface area contributed by atoms with Gasteiger partial charge in [0.05, 0.1) is 11.3 Å². The highest BCUT2D eigenvalue weighted by molar-refractivity contribution is 6.30. The zero-order valence-electron chi connectivity index (χ0n) is 15.3. The smallest absolute Gasteiger partial charge is 0.164 e. The molecule has 4 heteroatoms. The Hall–Kier alpha value is -1.94. The van der Waals surface area contributed by atoms with Crippen molar-refractivity contribution >= 4 is 17.4 Å². The van der Waals surface area contributed by atoms with Gasteiger partial charge in [-0.05, 0) is 25.0 Å². The van der Waals surface area contributed by atoms with Gasteiger partial charge >= 0.3 is 0 Å². The van der Waals surface area contributed by atoms with Gasteiger partial charge in [-0.15, -0.1) is 0 Å². The fraction of sp³-hybridized carbons (Fsp3) is 0.348. The molecular weight excluding hydrogens is 360 g/mol. The van der Waals surface area contributed by atoms with Gasteiger partial charge in [-0.2, -0.15) is 0 Å². The molecule has 0 spiro atoms. The van der Waals surface area contributed by atoms with Crippen LogP contribution in [0.25, 0.3) is 0 Å². The molecule has 27 heavy (non-hydrogen) atoms. The number of Topliss-reactive ketones (excluding diaryl/α,β-unsaturated/α-hetero) is 1. The van der Waals surface area contributed by atoms with Gasteiger partial charge < -0.3 is 9.47 Å².